The molecule has 0 amide bonds. The Morgan fingerprint density at radius 2 is 1.97 bits per heavy atom. The summed E-state index contributed by atoms with van der Waals surface area (Å²) in [6.45, 7) is 0. The fourth-order valence-electron chi connectivity index (χ4n) is 7.19. The van der Waals surface area contributed by atoms with Crippen molar-refractivity contribution in [1.82, 2.24) is 0 Å². The van der Waals surface area contributed by atoms with Gasteiger partial charge in [0.25, 0.3) is 0 Å². The van der Waals surface area contributed by atoms with E-state index in [0.29, 0.717) is 24.8 Å². The summed E-state index contributed by atoms with van der Waals surface area (Å²) in [6.07, 6.45) is 5.48. The summed E-state index contributed by atoms with van der Waals surface area (Å²) in [6, 6.07) is 7.48. The maximum Gasteiger partial charge on any atom is 0.176 e. The van der Waals surface area contributed by atoms with Crippen LogP contribution in [0.5, 0.6) is 0 Å². The molecule has 0 spiro atoms. The summed E-state index contributed by atoms with van der Waals surface area (Å²) in [4.78, 5) is 41.1. The number of aliphatic hydroxyl groups is 1. The summed E-state index contributed by atoms with van der Waals surface area (Å²) in [7, 11) is 3.86. The van der Waals surface area contributed by atoms with Gasteiger partial charge in [0, 0.05) is 44.6 Å². The minimum absolute atomic E-state index is 0.00357. The summed E-state index contributed by atoms with van der Waals surface area (Å²) in [5, 5.41) is 11.4. The molecular formula is C26H31NO4. The van der Waals surface area contributed by atoms with Gasteiger partial charge in [-0.05, 0) is 61.5 Å². The predicted octanol–water partition coefficient (Wildman–Crippen LogP) is 3.60. The van der Waals surface area contributed by atoms with E-state index >= 15 is 0 Å². The average Bonchev–Trinajstić information content (AvgIpc) is 3.10. The number of carbonyl (C=O) groups is 3. The standard InChI is InChI=1S/C26H31NO4/c1-27(2)17-5-3-4-16(12-17)25(31)26-14-22(29)24-19-9-7-18(28)13-15(19)6-8-20(24)21(26)10-11-23(26)30/h3-6,12,19-22,24,29H,7-11,13-14H2,1-2H3/t19-,20-,21-,22-,24+,26+/m0/s1. The van der Waals surface area contributed by atoms with Crippen LogP contribution in [0.15, 0.2) is 35.9 Å². The van der Waals surface area contributed by atoms with Crippen molar-refractivity contribution < 1.29 is 19.5 Å². The van der Waals surface area contributed by atoms with Crippen molar-refractivity contribution in [3.63, 3.8) is 0 Å². The molecule has 1 aromatic carbocycles. The Balaban J connectivity index is 1.54. The molecule has 164 valence electrons. The molecule has 5 heteroatoms. The molecule has 0 bridgehead atoms. The maximum atomic E-state index is 13.9. The Morgan fingerprint density at radius 1 is 1.16 bits per heavy atom. The summed E-state index contributed by atoms with van der Waals surface area (Å²) in [5.74, 6) is 0.536. The number of benzene rings is 1. The van der Waals surface area contributed by atoms with E-state index in [0.717, 1.165) is 24.9 Å². The molecule has 0 unspecified atom stereocenters. The van der Waals surface area contributed by atoms with Gasteiger partial charge in [0.1, 0.15) is 11.6 Å². The number of carbonyl (C=O) groups excluding carboxylic acids is 3. The third-order valence-corrected chi connectivity index (χ3v) is 8.56. The van der Waals surface area contributed by atoms with Crippen molar-refractivity contribution in [2.45, 2.75) is 51.0 Å². The molecule has 0 radical (unpaired) electrons. The zero-order chi connectivity index (χ0) is 21.9. The monoisotopic (exact) mass is 421 g/mol. The number of aliphatic hydroxyl groups excluding tert-OH is 1. The Labute approximate surface area is 183 Å². The zero-order valence-corrected chi connectivity index (χ0v) is 18.3. The highest BCUT2D eigenvalue weighted by atomic mass is 16.3. The molecule has 4 aliphatic rings. The molecule has 3 saturated carbocycles. The highest BCUT2D eigenvalue weighted by Gasteiger charge is 2.64. The number of nitrogens with zero attached hydrogens (tertiary/aromatic N) is 1. The van der Waals surface area contributed by atoms with Crippen LogP contribution >= 0.6 is 0 Å². The molecular weight excluding hydrogens is 390 g/mol. The van der Waals surface area contributed by atoms with Gasteiger partial charge in [-0.25, -0.2) is 0 Å². The smallest absolute Gasteiger partial charge is 0.176 e. The lowest BCUT2D eigenvalue weighted by Gasteiger charge is -2.53. The zero-order valence-electron chi connectivity index (χ0n) is 18.3. The van der Waals surface area contributed by atoms with Crippen LogP contribution < -0.4 is 4.90 Å². The number of allylic oxidation sites excluding steroid dienone is 2. The summed E-state index contributed by atoms with van der Waals surface area (Å²) < 4.78 is 0. The molecule has 1 aromatic rings. The van der Waals surface area contributed by atoms with E-state index < -0.39 is 11.5 Å². The Bertz CT molecular complexity index is 979. The van der Waals surface area contributed by atoms with Gasteiger partial charge in [-0.2, -0.15) is 0 Å². The van der Waals surface area contributed by atoms with Crippen molar-refractivity contribution >= 4 is 23.0 Å². The van der Waals surface area contributed by atoms with Crippen molar-refractivity contribution in [3.05, 3.63) is 41.5 Å². The number of hydrogen-bond donors (Lipinski definition) is 1. The lowest BCUT2D eigenvalue weighted by Crippen LogP contribution is -2.56. The molecule has 0 aromatic heterocycles. The van der Waals surface area contributed by atoms with E-state index in [1.807, 2.05) is 37.2 Å². The fourth-order valence-corrected chi connectivity index (χ4v) is 7.19. The third kappa shape index (κ3) is 3.04. The van der Waals surface area contributed by atoms with Crippen LogP contribution in [0.4, 0.5) is 5.69 Å². The average molecular weight is 422 g/mol. The first-order chi connectivity index (χ1) is 14.8. The normalized spacial score (nSPS) is 36.9. The lowest BCUT2D eigenvalue weighted by molar-refractivity contribution is -0.135. The molecule has 1 N–H and O–H groups in total. The number of fused-ring (bicyclic) bond motifs is 5. The van der Waals surface area contributed by atoms with E-state index in [1.54, 1.807) is 6.07 Å². The molecule has 31 heavy (non-hydrogen) atoms. The van der Waals surface area contributed by atoms with Gasteiger partial charge in [-0.3, -0.25) is 14.4 Å². The second kappa shape index (κ2) is 7.40. The van der Waals surface area contributed by atoms with E-state index in [-0.39, 0.29) is 47.4 Å². The van der Waals surface area contributed by atoms with Crippen molar-refractivity contribution in [3.8, 4) is 0 Å². The van der Waals surface area contributed by atoms with Crippen LogP contribution in [0.25, 0.3) is 0 Å². The van der Waals surface area contributed by atoms with Crippen LogP contribution in [-0.4, -0.2) is 42.7 Å². The van der Waals surface area contributed by atoms with E-state index in [4.69, 9.17) is 0 Å². The highest BCUT2D eigenvalue weighted by molar-refractivity contribution is 6.16. The molecule has 0 heterocycles. The van der Waals surface area contributed by atoms with Gasteiger partial charge < -0.3 is 10.0 Å². The van der Waals surface area contributed by atoms with E-state index in [1.165, 1.54) is 5.57 Å². The van der Waals surface area contributed by atoms with Gasteiger partial charge >= 0.3 is 0 Å². The van der Waals surface area contributed by atoms with Gasteiger partial charge in [0.05, 0.1) is 11.5 Å². The molecule has 6 atom stereocenters. The second-order valence-electron chi connectivity index (χ2n) is 10.2. The Kier molecular flexibility index (Phi) is 4.93. The van der Waals surface area contributed by atoms with Crippen molar-refractivity contribution in [2.75, 3.05) is 19.0 Å². The molecule has 0 saturated heterocycles. The predicted molar refractivity (Wildman–Crippen MR) is 118 cm³/mol. The second-order valence-corrected chi connectivity index (χ2v) is 10.2. The van der Waals surface area contributed by atoms with Crippen LogP contribution in [0, 0.1) is 29.1 Å². The first-order valence-corrected chi connectivity index (χ1v) is 11.6. The molecule has 5 rings (SSSR count). The van der Waals surface area contributed by atoms with E-state index in [9.17, 15) is 19.5 Å². The topological polar surface area (TPSA) is 74.7 Å². The van der Waals surface area contributed by atoms with Gasteiger partial charge in [0.15, 0.2) is 5.78 Å². The summed E-state index contributed by atoms with van der Waals surface area (Å²) in [5.41, 5.74) is 1.56. The number of ketones is 3. The quantitative estimate of drug-likeness (QED) is 0.459. The largest absolute Gasteiger partial charge is 0.393 e. The molecule has 0 aliphatic heterocycles. The SMILES string of the molecule is CN(C)c1cccc(C(=O)[C@]23C[C@H](O)[C@H]4[C@@H](CC=C5CC(=O)CC[C@@H]54)[C@@H]2CCC3=O)c1. The molecule has 3 fully saturated rings. The first kappa shape index (κ1) is 20.6. The first-order valence-electron chi connectivity index (χ1n) is 11.6. The lowest BCUT2D eigenvalue weighted by atomic mass is 9.50. The van der Waals surface area contributed by atoms with E-state index in [2.05, 4.69) is 6.08 Å². The Hall–Kier alpha value is -2.27. The summed E-state index contributed by atoms with van der Waals surface area (Å²) >= 11 is 0. The van der Waals surface area contributed by atoms with Crippen LogP contribution in [0.1, 0.15) is 55.3 Å². The fraction of sp³-hybridized carbons (Fsp3) is 0.577. The Morgan fingerprint density at radius 3 is 2.74 bits per heavy atom. The number of hydrogen-bond acceptors (Lipinski definition) is 5. The molecule has 4 aliphatic carbocycles. The molecule has 5 nitrogen and oxygen atoms in total. The van der Waals surface area contributed by atoms with Gasteiger partial charge in [-0.1, -0.05) is 23.8 Å². The van der Waals surface area contributed by atoms with Gasteiger partial charge in [0.2, 0.25) is 0 Å². The van der Waals surface area contributed by atoms with Crippen molar-refractivity contribution in [2.24, 2.45) is 29.1 Å². The highest BCUT2D eigenvalue weighted by Crippen LogP contribution is 2.61. The van der Waals surface area contributed by atoms with Crippen LogP contribution in [-0.2, 0) is 9.59 Å². The minimum Gasteiger partial charge on any atom is -0.393 e. The van der Waals surface area contributed by atoms with Crippen LogP contribution in [0.2, 0.25) is 0 Å². The van der Waals surface area contributed by atoms with Crippen molar-refractivity contribution in [1.29, 1.82) is 0 Å². The van der Waals surface area contributed by atoms with Crippen LogP contribution in [0.3, 0.4) is 0 Å². The minimum atomic E-state index is -1.11. The number of rotatable bonds is 3. The van der Waals surface area contributed by atoms with Gasteiger partial charge in [-0.15, -0.1) is 0 Å². The third-order valence-electron chi connectivity index (χ3n) is 8.56. The maximum absolute atomic E-state index is 13.9. The number of anilines is 1. The number of Topliss-reactive ketones (excluding diaryl/α,β-unsaturated/α-hetero) is 3.